The summed E-state index contributed by atoms with van der Waals surface area (Å²) in [6.07, 6.45) is -1.89. The summed E-state index contributed by atoms with van der Waals surface area (Å²) >= 11 is 0. The molecule has 218 valence electrons. The Bertz CT molecular complexity index is 1080. The number of phosphoric acid groups is 1. The number of amides is 2. The van der Waals surface area contributed by atoms with Crippen LogP contribution in [0.4, 0.5) is 4.79 Å². The summed E-state index contributed by atoms with van der Waals surface area (Å²) in [5.41, 5.74) is -0.954. The second-order valence-electron chi connectivity index (χ2n) is 10.5. The molecule has 0 spiro atoms. The van der Waals surface area contributed by atoms with Crippen LogP contribution in [0.1, 0.15) is 46.6 Å². The highest BCUT2D eigenvalue weighted by atomic mass is 31.2. The molecule has 1 aliphatic heterocycles. The number of methoxy groups -OCH3 is 2. The molecular weight excluding hydrogens is 535 g/mol. The van der Waals surface area contributed by atoms with Crippen molar-refractivity contribution in [2.45, 2.75) is 65.2 Å². The van der Waals surface area contributed by atoms with Gasteiger partial charge in [0.15, 0.2) is 6.10 Å². The summed E-state index contributed by atoms with van der Waals surface area (Å²) in [4.78, 5) is 48.3. The molecular formula is C25H37N2O11P. The van der Waals surface area contributed by atoms with E-state index in [9.17, 15) is 23.7 Å². The van der Waals surface area contributed by atoms with E-state index in [1.165, 1.54) is 26.4 Å². The molecule has 1 saturated heterocycles. The maximum Gasteiger partial charge on any atom is 0.530 e. The molecule has 14 heteroatoms. The fraction of sp³-hybridized carbons (Fsp3) is 0.600. The topological polar surface area (TPSA) is 165 Å². The van der Waals surface area contributed by atoms with Gasteiger partial charge in [-0.3, -0.25) is 18.6 Å². The van der Waals surface area contributed by atoms with E-state index in [1.807, 2.05) is 0 Å². The molecule has 2 N–H and O–H groups in total. The Morgan fingerprint density at radius 1 is 1.10 bits per heavy atom. The summed E-state index contributed by atoms with van der Waals surface area (Å²) < 4.78 is 44.2. The number of benzene rings is 1. The minimum absolute atomic E-state index is 0.0181. The molecule has 2 amide bonds. The van der Waals surface area contributed by atoms with Gasteiger partial charge in [0, 0.05) is 18.4 Å². The molecule has 0 bridgehead atoms. The van der Waals surface area contributed by atoms with Crippen LogP contribution in [0.15, 0.2) is 24.3 Å². The summed E-state index contributed by atoms with van der Waals surface area (Å²) in [7, 11) is -1.73. The van der Waals surface area contributed by atoms with Crippen LogP contribution in [0, 0.1) is 5.41 Å². The van der Waals surface area contributed by atoms with E-state index < -0.39 is 54.9 Å². The lowest BCUT2D eigenvalue weighted by atomic mass is 9.87. The van der Waals surface area contributed by atoms with Gasteiger partial charge in [0.1, 0.15) is 17.4 Å². The Labute approximate surface area is 227 Å². The Morgan fingerprint density at radius 3 is 2.31 bits per heavy atom. The van der Waals surface area contributed by atoms with Crippen molar-refractivity contribution in [3.05, 3.63) is 29.8 Å². The summed E-state index contributed by atoms with van der Waals surface area (Å²) in [5.74, 6) is -1.59. The summed E-state index contributed by atoms with van der Waals surface area (Å²) in [6.45, 7) is 8.44. The monoisotopic (exact) mass is 572 g/mol. The number of carbonyl (C=O) groups excluding carboxylic acids is 4. The van der Waals surface area contributed by atoms with Gasteiger partial charge in [-0.1, -0.05) is 26.0 Å². The third kappa shape index (κ3) is 10.2. The lowest BCUT2D eigenvalue weighted by molar-refractivity contribution is -0.143. The number of hydrogen-bond acceptors (Lipinski definition) is 11. The first kappa shape index (κ1) is 32.1. The normalized spacial score (nSPS) is 21.2. The van der Waals surface area contributed by atoms with Gasteiger partial charge in [-0.15, -0.1) is 0 Å². The lowest BCUT2D eigenvalue weighted by Crippen LogP contribution is -2.50. The molecule has 2 rings (SSSR count). The Balaban J connectivity index is 2.05. The van der Waals surface area contributed by atoms with Gasteiger partial charge < -0.3 is 29.4 Å². The van der Waals surface area contributed by atoms with Crippen LogP contribution in [0.2, 0.25) is 0 Å². The Morgan fingerprint density at radius 2 is 1.74 bits per heavy atom. The molecule has 1 aromatic rings. The summed E-state index contributed by atoms with van der Waals surface area (Å²) in [6, 6.07) is 5.14. The minimum atomic E-state index is -4.18. The number of ether oxygens (including phenoxy) is 3. The summed E-state index contributed by atoms with van der Waals surface area (Å²) in [5, 5.41) is 5.06. The van der Waals surface area contributed by atoms with Gasteiger partial charge in [-0.25, -0.2) is 14.2 Å². The Hall–Kier alpha value is -3.15. The largest absolute Gasteiger partial charge is 0.530 e. The molecule has 1 fully saturated rings. The lowest BCUT2D eigenvalue weighted by Gasteiger charge is -2.39. The average molecular weight is 573 g/mol. The smallest absolute Gasteiger partial charge is 0.469 e. The van der Waals surface area contributed by atoms with E-state index in [2.05, 4.69) is 15.4 Å². The van der Waals surface area contributed by atoms with E-state index in [1.54, 1.807) is 46.8 Å². The standard InChI is InChI=1S/C25H37N2O11P/c1-24(2,3)36-23(31)27-18(22(30)34-7)14-16-8-10-17(11-9-16)37-39(32)35-15-25(4,5)20(38-39)21(29)26-13-12-19(28)33-6/h8-11,18,20H,12-15H2,1-7H3,(H,26,29)(H,27,31)/t18-,20-,39+/m0/s1. The number of alkyl carbamates (subject to hydrolysis) is 1. The molecule has 0 aliphatic carbocycles. The minimum Gasteiger partial charge on any atom is -0.469 e. The molecule has 0 radical (unpaired) electrons. The number of phosphoric ester groups is 1. The van der Waals surface area contributed by atoms with Gasteiger partial charge in [0.2, 0.25) is 0 Å². The Kier molecular flexibility index (Phi) is 10.9. The van der Waals surface area contributed by atoms with Crippen molar-refractivity contribution in [3.63, 3.8) is 0 Å². The van der Waals surface area contributed by atoms with Crippen molar-refractivity contribution < 1.29 is 51.5 Å². The molecule has 0 saturated carbocycles. The molecule has 0 aromatic heterocycles. The predicted molar refractivity (Wildman–Crippen MR) is 138 cm³/mol. The van der Waals surface area contributed by atoms with Crippen LogP contribution in [0.5, 0.6) is 5.75 Å². The molecule has 1 aromatic carbocycles. The van der Waals surface area contributed by atoms with E-state index in [-0.39, 0.29) is 31.7 Å². The van der Waals surface area contributed by atoms with Crippen molar-refractivity contribution in [1.29, 1.82) is 0 Å². The number of carbonyl (C=O) groups is 4. The second-order valence-corrected chi connectivity index (χ2v) is 12.0. The van der Waals surface area contributed by atoms with Crippen LogP contribution >= 0.6 is 7.82 Å². The molecule has 1 heterocycles. The van der Waals surface area contributed by atoms with Gasteiger partial charge >= 0.3 is 25.9 Å². The van der Waals surface area contributed by atoms with Crippen molar-refractivity contribution in [2.75, 3.05) is 27.4 Å². The first-order valence-corrected chi connectivity index (χ1v) is 13.7. The number of esters is 2. The number of nitrogens with one attached hydrogen (secondary N) is 2. The fourth-order valence-electron chi connectivity index (χ4n) is 3.39. The molecule has 1 aliphatic rings. The quantitative estimate of drug-likeness (QED) is 0.241. The fourth-order valence-corrected chi connectivity index (χ4v) is 5.06. The SMILES string of the molecule is COC(=O)CCNC(=O)[C@@H]1O[P@@](=O)(Oc2ccc(C[C@H](NC(=O)OC(C)(C)C)C(=O)OC)cc2)OCC1(C)C. The van der Waals surface area contributed by atoms with Gasteiger partial charge in [0.25, 0.3) is 5.91 Å². The molecule has 39 heavy (non-hydrogen) atoms. The van der Waals surface area contributed by atoms with E-state index in [4.69, 9.17) is 23.0 Å². The third-order valence-electron chi connectivity index (χ3n) is 5.39. The zero-order valence-corrected chi connectivity index (χ0v) is 24.1. The van der Waals surface area contributed by atoms with Crippen LogP contribution in [0.3, 0.4) is 0 Å². The van der Waals surface area contributed by atoms with E-state index in [0.29, 0.717) is 5.56 Å². The van der Waals surface area contributed by atoms with E-state index in [0.717, 1.165) is 0 Å². The maximum atomic E-state index is 13.2. The average Bonchev–Trinajstić information content (AvgIpc) is 2.84. The highest BCUT2D eigenvalue weighted by Gasteiger charge is 2.50. The van der Waals surface area contributed by atoms with Crippen LogP contribution in [0.25, 0.3) is 0 Å². The zero-order valence-electron chi connectivity index (χ0n) is 23.2. The molecule has 0 unspecified atom stereocenters. The van der Waals surface area contributed by atoms with Gasteiger partial charge in [-0.05, 0) is 38.5 Å². The highest BCUT2D eigenvalue weighted by Crippen LogP contribution is 2.56. The van der Waals surface area contributed by atoms with Crippen molar-refractivity contribution >= 4 is 31.8 Å². The second kappa shape index (κ2) is 13.3. The van der Waals surface area contributed by atoms with Crippen LogP contribution in [-0.2, 0) is 48.6 Å². The highest BCUT2D eigenvalue weighted by molar-refractivity contribution is 7.49. The van der Waals surface area contributed by atoms with E-state index >= 15 is 0 Å². The van der Waals surface area contributed by atoms with Gasteiger partial charge in [0.05, 0.1) is 27.2 Å². The number of hydrogen-bond donors (Lipinski definition) is 2. The first-order chi connectivity index (χ1) is 18.1. The van der Waals surface area contributed by atoms with Crippen LogP contribution < -0.4 is 15.2 Å². The van der Waals surface area contributed by atoms with Crippen LogP contribution in [-0.4, -0.2) is 69.1 Å². The third-order valence-corrected chi connectivity index (χ3v) is 6.74. The molecule has 3 atom stereocenters. The number of rotatable bonds is 10. The first-order valence-electron chi connectivity index (χ1n) is 12.2. The predicted octanol–water partition coefficient (Wildman–Crippen LogP) is 2.90. The zero-order chi connectivity index (χ0) is 29.4. The maximum absolute atomic E-state index is 13.2. The molecule has 13 nitrogen and oxygen atoms in total. The van der Waals surface area contributed by atoms with Crippen molar-refractivity contribution in [1.82, 2.24) is 10.6 Å². The van der Waals surface area contributed by atoms with Crippen molar-refractivity contribution in [2.24, 2.45) is 5.41 Å². The van der Waals surface area contributed by atoms with Gasteiger partial charge in [-0.2, -0.15) is 0 Å². The van der Waals surface area contributed by atoms with Crippen molar-refractivity contribution in [3.8, 4) is 5.75 Å².